The predicted octanol–water partition coefficient (Wildman–Crippen LogP) is 3.12. The van der Waals surface area contributed by atoms with Gasteiger partial charge in [0.1, 0.15) is 0 Å². The number of sulfonamides is 1. The summed E-state index contributed by atoms with van der Waals surface area (Å²) in [5.74, 6) is 0.248. The molecule has 0 amide bonds. The van der Waals surface area contributed by atoms with Gasteiger partial charge >= 0.3 is 0 Å². The minimum Gasteiger partial charge on any atom is -0.389 e. The maximum Gasteiger partial charge on any atom is 0.263 e. The Hall–Kier alpha value is -1.44. The molecule has 1 unspecified atom stereocenters. The van der Waals surface area contributed by atoms with E-state index in [4.69, 9.17) is 0 Å². The maximum absolute atomic E-state index is 12.3. The lowest BCUT2D eigenvalue weighted by Crippen LogP contribution is -2.13. The van der Waals surface area contributed by atoms with Crippen LogP contribution in [0, 0.1) is 0 Å². The van der Waals surface area contributed by atoms with Crippen molar-refractivity contribution in [3.8, 4) is 0 Å². The summed E-state index contributed by atoms with van der Waals surface area (Å²) in [5.41, 5.74) is 1.41. The minimum atomic E-state index is -3.69. The van der Waals surface area contributed by atoms with Crippen LogP contribution >= 0.6 is 11.3 Å². The van der Waals surface area contributed by atoms with Gasteiger partial charge in [0.15, 0.2) is 5.13 Å². The second kappa shape index (κ2) is 6.13. The van der Waals surface area contributed by atoms with E-state index in [1.54, 1.807) is 19.1 Å². The fraction of sp³-hybridized carbons (Fsp3) is 0.357. The van der Waals surface area contributed by atoms with Gasteiger partial charge in [-0.3, -0.25) is 4.72 Å². The number of rotatable bonds is 5. The van der Waals surface area contributed by atoms with E-state index in [-0.39, 0.29) is 10.8 Å². The van der Waals surface area contributed by atoms with E-state index in [0.717, 1.165) is 5.69 Å². The maximum atomic E-state index is 12.3. The lowest BCUT2D eigenvalue weighted by atomic mass is 10.1. The Labute approximate surface area is 128 Å². The molecular formula is C14H18N2O3S2. The van der Waals surface area contributed by atoms with Crippen LogP contribution in [0.4, 0.5) is 5.13 Å². The van der Waals surface area contributed by atoms with Gasteiger partial charge in [0.2, 0.25) is 0 Å². The van der Waals surface area contributed by atoms with Crippen molar-refractivity contribution >= 4 is 26.5 Å². The van der Waals surface area contributed by atoms with Crippen molar-refractivity contribution in [3.05, 3.63) is 40.9 Å². The Bertz CT molecular complexity index is 721. The standard InChI is InChI=1S/C14H18N2O3S2/c1-9(2)13-8-20-14(15-13)16-21(18,19)12-6-4-5-11(7-12)10(3)17/h4-10,17H,1-3H3,(H,15,16). The van der Waals surface area contributed by atoms with Crippen LogP contribution < -0.4 is 4.72 Å². The van der Waals surface area contributed by atoms with Crippen molar-refractivity contribution in [2.24, 2.45) is 0 Å². The summed E-state index contributed by atoms with van der Waals surface area (Å²) in [6, 6.07) is 6.25. The number of aliphatic hydroxyl groups excluding tert-OH is 1. The van der Waals surface area contributed by atoms with Crippen LogP contribution in [0.15, 0.2) is 34.5 Å². The van der Waals surface area contributed by atoms with Crippen LogP contribution in [-0.2, 0) is 10.0 Å². The van der Waals surface area contributed by atoms with Gasteiger partial charge in [-0.15, -0.1) is 11.3 Å². The molecule has 0 aliphatic heterocycles. The molecule has 1 atom stereocenters. The first-order chi connectivity index (χ1) is 9.79. The van der Waals surface area contributed by atoms with Gasteiger partial charge in [-0.25, -0.2) is 13.4 Å². The van der Waals surface area contributed by atoms with Crippen molar-refractivity contribution in [2.45, 2.75) is 37.7 Å². The summed E-state index contributed by atoms with van der Waals surface area (Å²) in [7, 11) is -3.69. The van der Waals surface area contributed by atoms with Crippen molar-refractivity contribution in [2.75, 3.05) is 4.72 Å². The number of aliphatic hydroxyl groups is 1. The van der Waals surface area contributed by atoms with E-state index in [0.29, 0.717) is 10.7 Å². The molecule has 1 heterocycles. The smallest absolute Gasteiger partial charge is 0.263 e. The second-order valence-corrected chi connectivity index (χ2v) is 7.63. The zero-order valence-electron chi connectivity index (χ0n) is 12.1. The summed E-state index contributed by atoms with van der Waals surface area (Å²) >= 11 is 1.26. The molecule has 2 N–H and O–H groups in total. The Morgan fingerprint density at radius 3 is 2.57 bits per heavy atom. The van der Waals surface area contributed by atoms with Crippen molar-refractivity contribution in [1.82, 2.24) is 4.98 Å². The first-order valence-corrected chi connectivity index (χ1v) is 8.92. The summed E-state index contributed by atoms with van der Waals surface area (Å²) in [5, 5.41) is 11.7. The van der Waals surface area contributed by atoms with Gasteiger partial charge in [-0.2, -0.15) is 0 Å². The van der Waals surface area contributed by atoms with Crippen LogP contribution in [0.25, 0.3) is 0 Å². The van der Waals surface area contributed by atoms with Crippen molar-refractivity contribution < 1.29 is 13.5 Å². The molecule has 5 nitrogen and oxygen atoms in total. The molecule has 21 heavy (non-hydrogen) atoms. The quantitative estimate of drug-likeness (QED) is 0.885. The number of aromatic nitrogens is 1. The Morgan fingerprint density at radius 1 is 1.29 bits per heavy atom. The topological polar surface area (TPSA) is 79.3 Å². The molecule has 0 fully saturated rings. The third-order valence-electron chi connectivity index (χ3n) is 2.99. The third kappa shape index (κ3) is 3.81. The van der Waals surface area contributed by atoms with E-state index in [1.165, 1.54) is 23.5 Å². The average Bonchev–Trinajstić information content (AvgIpc) is 2.87. The number of anilines is 1. The molecule has 0 radical (unpaired) electrons. The molecule has 0 saturated carbocycles. The molecule has 1 aromatic heterocycles. The van der Waals surface area contributed by atoms with Crippen LogP contribution in [0.2, 0.25) is 0 Å². The highest BCUT2D eigenvalue weighted by Gasteiger charge is 2.17. The van der Waals surface area contributed by atoms with Crippen LogP contribution in [0.5, 0.6) is 0 Å². The van der Waals surface area contributed by atoms with E-state index in [9.17, 15) is 13.5 Å². The van der Waals surface area contributed by atoms with Gasteiger partial charge in [-0.1, -0.05) is 26.0 Å². The number of thiazole rings is 1. The van der Waals surface area contributed by atoms with Gasteiger partial charge in [0.25, 0.3) is 10.0 Å². The SMILES string of the molecule is CC(C)c1csc(NS(=O)(=O)c2cccc(C(C)O)c2)n1. The third-order valence-corrected chi connectivity index (χ3v) is 5.23. The predicted molar refractivity (Wildman–Crippen MR) is 84.1 cm³/mol. The number of benzene rings is 1. The number of hydrogen-bond acceptors (Lipinski definition) is 5. The molecule has 1 aromatic carbocycles. The van der Waals surface area contributed by atoms with Crippen molar-refractivity contribution in [3.63, 3.8) is 0 Å². The largest absolute Gasteiger partial charge is 0.389 e. The van der Waals surface area contributed by atoms with Crippen molar-refractivity contribution in [1.29, 1.82) is 0 Å². The Balaban J connectivity index is 2.27. The summed E-state index contributed by atoms with van der Waals surface area (Å²) < 4.78 is 27.1. The van der Waals surface area contributed by atoms with E-state index in [1.807, 2.05) is 19.2 Å². The van der Waals surface area contributed by atoms with Gasteiger partial charge in [-0.05, 0) is 30.5 Å². The molecule has 114 valence electrons. The molecule has 0 bridgehead atoms. The first-order valence-electron chi connectivity index (χ1n) is 6.56. The normalized spacial score (nSPS) is 13.4. The molecule has 0 aliphatic rings. The number of hydrogen-bond donors (Lipinski definition) is 2. The molecule has 0 aliphatic carbocycles. The van der Waals surface area contributed by atoms with E-state index < -0.39 is 16.1 Å². The minimum absolute atomic E-state index is 0.113. The summed E-state index contributed by atoms with van der Waals surface area (Å²) in [6.07, 6.45) is -0.715. The molecule has 7 heteroatoms. The summed E-state index contributed by atoms with van der Waals surface area (Å²) in [4.78, 5) is 4.37. The second-order valence-electron chi connectivity index (χ2n) is 5.09. The first kappa shape index (κ1) is 15.9. The average molecular weight is 326 g/mol. The van der Waals surface area contributed by atoms with Gasteiger partial charge < -0.3 is 5.11 Å². The molecule has 2 aromatic rings. The van der Waals surface area contributed by atoms with Crippen LogP contribution in [0.1, 0.15) is 44.1 Å². The lowest BCUT2D eigenvalue weighted by molar-refractivity contribution is 0.199. The van der Waals surface area contributed by atoms with Crippen LogP contribution in [0.3, 0.4) is 0 Å². The zero-order valence-corrected chi connectivity index (χ0v) is 13.7. The number of nitrogens with one attached hydrogen (secondary N) is 1. The highest BCUT2D eigenvalue weighted by molar-refractivity contribution is 7.93. The molecule has 0 saturated heterocycles. The van der Waals surface area contributed by atoms with E-state index in [2.05, 4.69) is 9.71 Å². The fourth-order valence-corrected chi connectivity index (χ4v) is 3.89. The number of nitrogens with zero attached hydrogens (tertiary/aromatic N) is 1. The van der Waals surface area contributed by atoms with Gasteiger partial charge in [0.05, 0.1) is 16.7 Å². The monoisotopic (exact) mass is 326 g/mol. The van der Waals surface area contributed by atoms with Gasteiger partial charge in [0, 0.05) is 5.38 Å². The zero-order chi connectivity index (χ0) is 15.6. The highest BCUT2D eigenvalue weighted by atomic mass is 32.2. The fourth-order valence-electron chi connectivity index (χ4n) is 1.71. The molecule has 0 spiro atoms. The Morgan fingerprint density at radius 2 is 2.00 bits per heavy atom. The highest BCUT2D eigenvalue weighted by Crippen LogP contribution is 2.25. The van der Waals surface area contributed by atoms with Crippen LogP contribution in [-0.4, -0.2) is 18.5 Å². The summed E-state index contributed by atoms with van der Waals surface area (Å²) in [6.45, 7) is 5.59. The Kier molecular flexibility index (Phi) is 4.65. The molecular weight excluding hydrogens is 308 g/mol. The van der Waals surface area contributed by atoms with E-state index >= 15 is 0 Å². The lowest BCUT2D eigenvalue weighted by Gasteiger charge is -2.09. The molecule has 2 rings (SSSR count).